The number of furan rings is 1. The van der Waals surface area contributed by atoms with Gasteiger partial charge in [0, 0.05) is 28.3 Å². The van der Waals surface area contributed by atoms with Gasteiger partial charge in [-0.2, -0.15) is 5.26 Å². The number of nitrogens with zero attached hydrogens (tertiary/aromatic N) is 3. The monoisotopic (exact) mass is 473 g/mol. The van der Waals surface area contributed by atoms with E-state index in [1.165, 1.54) is 12.1 Å². The van der Waals surface area contributed by atoms with Gasteiger partial charge in [0.25, 0.3) is 5.69 Å². The van der Waals surface area contributed by atoms with Crippen LogP contribution in [0.1, 0.15) is 22.8 Å². The minimum absolute atomic E-state index is 0.00409. The first-order chi connectivity index (χ1) is 16.4. The van der Waals surface area contributed by atoms with E-state index in [0.29, 0.717) is 38.9 Å². The Labute approximate surface area is 198 Å². The molecule has 9 nitrogen and oxygen atoms in total. The van der Waals surface area contributed by atoms with Gasteiger partial charge < -0.3 is 14.9 Å². The Bertz CT molecular complexity index is 1510. The highest BCUT2D eigenvalue weighted by Gasteiger charge is 2.37. The van der Waals surface area contributed by atoms with E-state index in [2.05, 4.69) is 16.3 Å². The van der Waals surface area contributed by atoms with Gasteiger partial charge in [-0.05, 0) is 42.8 Å². The molecule has 1 aliphatic heterocycles. The predicted octanol–water partition coefficient (Wildman–Crippen LogP) is 5.42. The average molecular weight is 474 g/mol. The summed E-state index contributed by atoms with van der Waals surface area (Å²) >= 11 is 6.04. The number of hydrogen-bond acceptors (Lipinski definition) is 7. The number of aromatic amines is 1. The first-order valence-electron chi connectivity index (χ1n) is 10.1. The second kappa shape index (κ2) is 8.10. The van der Waals surface area contributed by atoms with Gasteiger partial charge in [-0.15, -0.1) is 5.10 Å². The molecule has 2 aromatic heterocycles. The second-order valence-corrected chi connectivity index (χ2v) is 8.14. The van der Waals surface area contributed by atoms with Crippen LogP contribution in [0.2, 0.25) is 5.02 Å². The molecular weight excluding hydrogens is 458 g/mol. The predicted molar refractivity (Wildman–Crippen MR) is 124 cm³/mol. The maximum absolute atomic E-state index is 11.1. The smallest absolute Gasteiger partial charge is 0.269 e. The molecule has 34 heavy (non-hydrogen) atoms. The third kappa shape index (κ3) is 3.46. The molecule has 5 rings (SSSR count). The summed E-state index contributed by atoms with van der Waals surface area (Å²) in [7, 11) is 0. The van der Waals surface area contributed by atoms with Crippen LogP contribution in [0.25, 0.3) is 22.6 Å². The number of nitrogens with one attached hydrogen (secondary N) is 1. The number of non-ortho nitro benzene ring substituents is 1. The number of aryl methyl sites for hydroxylation is 1. The first kappa shape index (κ1) is 21.3. The molecule has 1 atom stereocenters. The lowest BCUT2D eigenvalue weighted by Crippen LogP contribution is -2.20. The van der Waals surface area contributed by atoms with Crippen LogP contribution in [0.5, 0.6) is 5.88 Å². The number of nitro groups is 1. The summed E-state index contributed by atoms with van der Waals surface area (Å²) in [6, 6.07) is 17.3. The molecule has 0 saturated heterocycles. The van der Waals surface area contributed by atoms with Crippen LogP contribution in [0, 0.1) is 28.4 Å². The molecule has 0 aliphatic carbocycles. The van der Waals surface area contributed by atoms with E-state index in [9.17, 15) is 15.4 Å². The van der Waals surface area contributed by atoms with E-state index in [0.717, 1.165) is 5.56 Å². The lowest BCUT2D eigenvalue weighted by molar-refractivity contribution is -0.384. The van der Waals surface area contributed by atoms with Crippen molar-refractivity contribution in [3.63, 3.8) is 0 Å². The van der Waals surface area contributed by atoms with Crippen molar-refractivity contribution in [2.75, 3.05) is 0 Å². The zero-order chi connectivity index (χ0) is 24.0. The van der Waals surface area contributed by atoms with Crippen LogP contribution in [-0.2, 0) is 0 Å². The topological polar surface area (TPSA) is 144 Å². The first-order valence-corrected chi connectivity index (χ1v) is 10.5. The van der Waals surface area contributed by atoms with E-state index in [4.69, 9.17) is 26.5 Å². The number of halogens is 1. The van der Waals surface area contributed by atoms with Crippen molar-refractivity contribution >= 4 is 17.3 Å². The maximum atomic E-state index is 11.1. The fourth-order valence-electron chi connectivity index (χ4n) is 4.06. The fourth-order valence-corrected chi connectivity index (χ4v) is 4.18. The number of fused-ring (bicyclic) bond motifs is 1. The van der Waals surface area contributed by atoms with Crippen LogP contribution in [0.4, 0.5) is 5.69 Å². The Morgan fingerprint density at radius 2 is 1.97 bits per heavy atom. The zero-order valence-corrected chi connectivity index (χ0v) is 18.5. The standard InChI is InChI=1S/C24H16ClN5O4/c1-12-10-15(30(31)32)6-7-16(12)18-8-9-19(33-18)20-17(11-26)23(27)34-24-21(20)22(28-29-24)13-2-4-14(25)5-3-13/h2-10,20H,27H2,1H3,(H,28,29)/t20-/m1/s1. The summed E-state index contributed by atoms with van der Waals surface area (Å²) < 4.78 is 11.8. The van der Waals surface area contributed by atoms with E-state index in [1.54, 1.807) is 37.3 Å². The number of nitriles is 1. The molecule has 0 fully saturated rings. The molecule has 0 radical (unpaired) electrons. The Morgan fingerprint density at radius 1 is 1.21 bits per heavy atom. The number of ether oxygens (including phenoxy) is 1. The van der Waals surface area contributed by atoms with Gasteiger partial charge in [-0.25, -0.2) is 0 Å². The van der Waals surface area contributed by atoms with Gasteiger partial charge in [-0.1, -0.05) is 23.7 Å². The maximum Gasteiger partial charge on any atom is 0.269 e. The van der Waals surface area contributed by atoms with Crippen molar-refractivity contribution < 1.29 is 14.1 Å². The minimum atomic E-state index is -0.676. The van der Waals surface area contributed by atoms with Crippen molar-refractivity contribution in [2.24, 2.45) is 5.73 Å². The number of H-pyrrole nitrogens is 1. The number of allylic oxidation sites excluding steroid dienone is 1. The van der Waals surface area contributed by atoms with Gasteiger partial charge in [-0.3, -0.25) is 15.2 Å². The van der Waals surface area contributed by atoms with E-state index in [1.807, 2.05) is 12.1 Å². The number of benzene rings is 2. The van der Waals surface area contributed by atoms with Crippen molar-refractivity contribution in [1.29, 1.82) is 5.26 Å². The molecule has 10 heteroatoms. The molecule has 168 valence electrons. The van der Waals surface area contributed by atoms with Gasteiger partial charge in [0.05, 0.1) is 22.1 Å². The molecular formula is C24H16ClN5O4. The molecule has 3 N–H and O–H groups in total. The lowest BCUT2D eigenvalue weighted by Gasteiger charge is -2.22. The molecule has 3 heterocycles. The van der Waals surface area contributed by atoms with Crippen LogP contribution in [-0.4, -0.2) is 15.1 Å². The molecule has 1 aliphatic rings. The van der Waals surface area contributed by atoms with Gasteiger partial charge >= 0.3 is 0 Å². The lowest BCUT2D eigenvalue weighted by atomic mass is 9.86. The van der Waals surface area contributed by atoms with Crippen LogP contribution < -0.4 is 10.5 Å². The minimum Gasteiger partial charge on any atom is -0.460 e. The molecule has 0 spiro atoms. The second-order valence-electron chi connectivity index (χ2n) is 7.71. The summed E-state index contributed by atoms with van der Waals surface area (Å²) in [5, 5.41) is 28.8. The number of nitrogens with two attached hydrogens (primary N) is 1. The summed E-state index contributed by atoms with van der Waals surface area (Å²) in [4.78, 5) is 10.6. The van der Waals surface area contributed by atoms with Crippen LogP contribution in [0.15, 0.2) is 70.5 Å². The molecule has 0 saturated carbocycles. The van der Waals surface area contributed by atoms with Crippen LogP contribution >= 0.6 is 11.6 Å². The third-order valence-corrected chi connectivity index (χ3v) is 5.92. The highest BCUT2D eigenvalue weighted by atomic mass is 35.5. The van der Waals surface area contributed by atoms with Gasteiger partial charge in [0.1, 0.15) is 23.2 Å². The quantitative estimate of drug-likeness (QED) is 0.297. The third-order valence-electron chi connectivity index (χ3n) is 5.67. The Hall–Kier alpha value is -4.55. The van der Waals surface area contributed by atoms with Crippen LogP contribution in [0.3, 0.4) is 0 Å². The summed E-state index contributed by atoms with van der Waals surface area (Å²) in [6.07, 6.45) is 0. The Kier molecular flexibility index (Phi) is 5.07. The number of aromatic nitrogens is 2. The Balaban J connectivity index is 1.63. The normalized spacial score (nSPS) is 14.9. The fraction of sp³-hybridized carbons (Fsp3) is 0.0833. The largest absolute Gasteiger partial charge is 0.460 e. The van der Waals surface area contributed by atoms with Gasteiger partial charge in [0.2, 0.25) is 11.8 Å². The summed E-state index contributed by atoms with van der Waals surface area (Å²) in [5.41, 5.74) is 9.65. The molecule has 0 unspecified atom stereocenters. The van der Waals surface area contributed by atoms with Crippen molar-refractivity contribution in [2.45, 2.75) is 12.8 Å². The summed E-state index contributed by atoms with van der Waals surface area (Å²) in [6.45, 7) is 1.77. The average Bonchev–Trinajstić information content (AvgIpc) is 3.46. The number of hydrogen-bond donors (Lipinski definition) is 2. The van der Waals surface area contributed by atoms with Crippen molar-refractivity contribution in [3.05, 3.63) is 98.1 Å². The van der Waals surface area contributed by atoms with E-state index in [-0.39, 0.29) is 23.0 Å². The highest BCUT2D eigenvalue weighted by Crippen LogP contribution is 2.46. The molecule has 4 aromatic rings. The number of rotatable bonds is 4. The Morgan fingerprint density at radius 3 is 2.65 bits per heavy atom. The SMILES string of the molecule is Cc1cc([N+](=O)[O-])ccc1-c1ccc([C@H]2C(C#N)=C(N)Oc3n[nH]c(-c4ccc(Cl)cc4)c32)o1. The van der Waals surface area contributed by atoms with E-state index >= 15 is 0 Å². The molecule has 0 bridgehead atoms. The molecule has 2 aromatic carbocycles. The van der Waals surface area contributed by atoms with Crippen molar-refractivity contribution in [1.82, 2.24) is 10.2 Å². The van der Waals surface area contributed by atoms with Crippen molar-refractivity contribution in [3.8, 4) is 34.5 Å². The van der Waals surface area contributed by atoms with E-state index < -0.39 is 10.8 Å². The highest BCUT2D eigenvalue weighted by molar-refractivity contribution is 6.30. The van der Waals surface area contributed by atoms with Gasteiger partial charge in [0.15, 0.2) is 0 Å². The number of nitro benzene ring substituents is 1. The zero-order valence-electron chi connectivity index (χ0n) is 17.7. The summed E-state index contributed by atoms with van der Waals surface area (Å²) in [5.74, 6) is 0.469. The molecule has 0 amide bonds.